The molecule has 0 amide bonds. The molecule has 32 heavy (non-hydrogen) atoms. The Morgan fingerprint density at radius 1 is 1.09 bits per heavy atom. The minimum atomic E-state index is -0.626. The Labute approximate surface area is 189 Å². The van der Waals surface area contributed by atoms with E-state index in [-0.39, 0.29) is 19.0 Å². The molecule has 0 radical (unpaired) electrons. The van der Waals surface area contributed by atoms with E-state index in [1.165, 1.54) is 23.0 Å². The number of rotatable bonds is 8. The summed E-state index contributed by atoms with van der Waals surface area (Å²) in [6.45, 7) is 2.14. The first kappa shape index (κ1) is 22.7. The van der Waals surface area contributed by atoms with Gasteiger partial charge < -0.3 is 21.5 Å². The van der Waals surface area contributed by atoms with Crippen molar-refractivity contribution in [2.24, 2.45) is 11.5 Å². The maximum atomic E-state index is 12.9. The highest BCUT2D eigenvalue weighted by Crippen LogP contribution is 2.20. The maximum Gasteiger partial charge on any atom is 0.354 e. The summed E-state index contributed by atoms with van der Waals surface area (Å²) in [6.07, 6.45) is 4.13. The normalized spacial score (nSPS) is 11.6. The zero-order valence-electron chi connectivity index (χ0n) is 17.4. The Hall–Kier alpha value is -3.98. The van der Waals surface area contributed by atoms with Gasteiger partial charge in [0.2, 0.25) is 5.95 Å². The van der Waals surface area contributed by atoms with Gasteiger partial charge in [0.25, 0.3) is 0 Å². The lowest BCUT2D eigenvalue weighted by Crippen LogP contribution is -2.42. The van der Waals surface area contributed by atoms with Crippen LogP contribution in [0.4, 0.5) is 11.6 Å². The van der Waals surface area contributed by atoms with Gasteiger partial charge in [-0.2, -0.15) is 4.98 Å². The number of nitrogens with zero attached hydrogens (tertiary/aromatic N) is 3. The molecule has 0 bridgehead atoms. The predicted molar refractivity (Wildman–Crippen MR) is 125 cm³/mol. The van der Waals surface area contributed by atoms with Crippen molar-refractivity contribution in [2.75, 3.05) is 5.32 Å². The first-order chi connectivity index (χ1) is 15.4. The Morgan fingerprint density at radius 2 is 1.78 bits per heavy atom. The highest BCUT2D eigenvalue weighted by molar-refractivity contribution is 6.30. The van der Waals surface area contributed by atoms with E-state index in [4.69, 9.17) is 27.8 Å². The van der Waals surface area contributed by atoms with Crippen LogP contribution in [0.15, 0.2) is 82.4 Å². The molecular weight excluding hydrogens is 432 g/mol. The lowest BCUT2D eigenvalue weighted by Gasteiger charge is -2.15. The molecule has 0 saturated carbocycles. The summed E-state index contributed by atoms with van der Waals surface area (Å²) in [5, 5.41) is 3.63. The number of benzene rings is 2. The summed E-state index contributed by atoms with van der Waals surface area (Å²) in [5.74, 6) is 1.04. The number of nitrogens with two attached hydrogens (primary N) is 2. The molecule has 2 aromatic carbocycles. The van der Waals surface area contributed by atoms with Crippen LogP contribution in [-0.2, 0) is 13.1 Å². The number of ether oxygens (including phenoxy) is 1. The molecule has 3 aromatic rings. The fraction of sp³-hybridized carbons (Fsp3) is 0.136. The van der Waals surface area contributed by atoms with Crippen LogP contribution in [0, 0.1) is 0 Å². The van der Waals surface area contributed by atoms with Gasteiger partial charge in [0, 0.05) is 23.5 Å². The number of hydrogen-bond donors (Lipinski definition) is 3. The van der Waals surface area contributed by atoms with Gasteiger partial charge in [-0.25, -0.2) is 14.2 Å². The van der Waals surface area contributed by atoms with Crippen molar-refractivity contribution >= 4 is 23.2 Å². The number of hydrogen-bond acceptors (Lipinski definition) is 7. The van der Waals surface area contributed by atoms with E-state index >= 15 is 0 Å². The predicted octanol–water partition coefficient (Wildman–Crippen LogP) is 2.52. The monoisotopic (exact) mass is 454 g/mol. The smallest absolute Gasteiger partial charge is 0.354 e. The van der Waals surface area contributed by atoms with E-state index in [0.717, 1.165) is 10.1 Å². The third-order valence-electron chi connectivity index (χ3n) is 4.49. The molecule has 0 fully saturated rings. The second kappa shape index (κ2) is 10.4. The van der Waals surface area contributed by atoms with Crippen LogP contribution in [0.25, 0.3) is 0 Å². The second-order valence-corrected chi connectivity index (χ2v) is 7.07. The van der Waals surface area contributed by atoms with Gasteiger partial charge in [0.05, 0.1) is 6.54 Å². The van der Waals surface area contributed by atoms with Crippen LogP contribution in [0.5, 0.6) is 5.75 Å². The topological polar surface area (TPSA) is 130 Å². The van der Waals surface area contributed by atoms with Gasteiger partial charge in [-0.15, -0.1) is 0 Å². The molecule has 166 valence electrons. The van der Waals surface area contributed by atoms with Crippen LogP contribution >= 0.6 is 11.6 Å². The van der Waals surface area contributed by atoms with Gasteiger partial charge in [0.15, 0.2) is 0 Å². The molecule has 5 N–H and O–H groups in total. The number of aromatic nitrogens is 3. The van der Waals surface area contributed by atoms with E-state index in [9.17, 15) is 9.59 Å². The van der Waals surface area contributed by atoms with Crippen molar-refractivity contribution in [3.05, 3.63) is 104 Å². The van der Waals surface area contributed by atoms with Crippen molar-refractivity contribution in [1.29, 1.82) is 0 Å². The number of allylic oxidation sites excluding steroid dienone is 1. The van der Waals surface area contributed by atoms with E-state index in [0.29, 0.717) is 22.2 Å². The summed E-state index contributed by atoms with van der Waals surface area (Å²) < 4.78 is 8.07. The van der Waals surface area contributed by atoms with Crippen LogP contribution in [0.3, 0.4) is 0 Å². The molecule has 10 heteroatoms. The van der Waals surface area contributed by atoms with Crippen LogP contribution < -0.4 is 32.9 Å². The third kappa shape index (κ3) is 5.38. The molecule has 0 atom stereocenters. The van der Waals surface area contributed by atoms with E-state index in [1.54, 1.807) is 43.3 Å². The largest absolute Gasteiger partial charge is 0.456 e. The summed E-state index contributed by atoms with van der Waals surface area (Å²) in [7, 11) is 0. The van der Waals surface area contributed by atoms with E-state index in [2.05, 4.69) is 10.3 Å². The Kier molecular flexibility index (Phi) is 7.35. The molecule has 0 aliphatic rings. The quantitative estimate of drug-likeness (QED) is 0.352. The summed E-state index contributed by atoms with van der Waals surface area (Å²) in [4.78, 5) is 29.3. The highest BCUT2D eigenvalue weighted by atomic mass is 35.5. The lowest BCUT2D eigenvalue weighted by molar-refractivity contribution is 0.442. The van der Waals surface area contributed by atoms with Crippen molar-refractivity contribution in [3.8, 4) is 5.75 Å². The van der Waals surface area contributed by atoms with Gasteiger partial charge in [-0.3, -0.25) is 4.57 Å². The molecule has 1 aromatic heterocycles. The minimum absolute atomic E-state index is 0.127. The Balaban J connectivity index is 1.92. The first-order valence-corrected chi connectivity index (χ1v) is 10.1. The van der Waals surface area contributed by atoms with Crippen molar-refractivity contribution < 1.29 is 4.74 Å². The minimum Gasteiger partial charge on any atom is -0.456 e. The molecule has 9 nitrogen and oxygen atoms in total. The van der Waals surface area contributed by atoms with E-state index < -0.39 is 11.4 Å². The molecule has 1 heterocycles. The van der Waals surface area contributed by atoms with Crippen molar-refractivity contribution in [1.82, 2.24) is 14.1 Å². The summed E-state index contributed by atoms with van der Waals surface area (Å²) >= 11 is 5.95. The van der Waals surface area contributed by atoms with Crippen LogP contribution in [0.1, 0.15) is 12.5 Å². The molecule has 0 unspecified atom stereocenters. The standard InChI is InChI=1S/C22H23ClN6O3/c1-2-28-21(30)27-20(29(22(28)31)14-15-3-5-16(23)6-4-15)26-17-7-9-18(10-8-17)32-19(13-25)11-12-24/h3-13H,2,14,24-25H2,1H3,(H,26,27,30)/b12-11-,19-13+. The molecule has 0 aliphatic carbocycles. The van der Waals surface area contributed by atoms with Crippen LogP contribution in [-0.4, -0.2) is 14.1 Å². The Morgan fingerprint density at radius 3 is 2.38 bits per heavy atom. The zero-order valence-corrected chi connectivity index (χ0v) is 18.1. The fourth-order valence-electron chi connectivity index (χ4n) is 2.90. The second-order valence-electron chi connectivity index (χ2n) is 6.64. The van der Waals surface area contributed by atoms with E-state index in [1.807, 2.05) is 12.1 Å². The zero-order chi connectivity index (χ0) is 23.1. The molecular formula is C22H23ClN6O3. The van der Waals surface area contributed by atoms with Crippen LogP contribution in [0.2, 0.25) is 5.02 Å². The van der Waals surface area contributed by atoms with Crippen molar-refractivity contribution in [3.63, 3.8) is 0 Å². The molecule has 3 rings (SSSR count). The van der Waals surface area contributed by atoms with Gasteiger partial charge in [-0.05, 0) is 61.2 Å². The lowest BCUT2D eigenvalue weighted by atomic mass is 10.2. The maximum absolute atomic E-state index is 12.9. The number of anilines is 2. The van der Waals surface area contributed by atoms with Gasteiger partial charge >= 0.3 is 11.4 Å². The number of halogens is 1. The Bertz CT molecular complexity index is 1240. The SMILES string of the molecule is CCn1c(=O)nc(Nc2ccc(OC(/C=C\N)=C/N)cc2)n(Cc2ccc(Cl)cc2)c1=O. The highest BCUT2D eigenvalue weighted by Gasteiger charge is 2.13. The molecule has 0 aliphatic heterocycles. The van der Waals surface area contributed by atoms with Gasteiger partial charge in [-0.1, -0.05) is 23.7 Å². The summed E-state index contributed by atoms with van der Waals surface area (Å²) in [5.41, 5.74) is 11.2. The van der Waals surface area contributed by atoms with Gasteiger partial charge in [0.1, 0.15) is 11.5 Å². The molecule has 0 spiro atoms. The average molecular weight is 455 g/mol. The summed E-state index contributed by atoms with van der Waals surface area (Å²) in [6, 6.07) is 13.9. The molecule has 0 saturated heterocycles. The fourth-order valence-corrected chi connectivity index (χ4v) is 3.03. The number of nitrogens with one attached hydrogen (secondary N) is 1. The van der Waals surface area contributed by atoms with Crippen molar-refractivity contribution in [2.45, 2.75) is 20.0 Å². The first-order valence-electron chi connectivity index (χ1n) is 9.76. The average Bonchev–Trinajstić information content (AvgIpc) is 2.79. The third-order valence-corrected chi connectivity index (χ3v) is 4.74.